The van der Waals surface area contributed by atoms with Crippen molar-refractivity contribution >= 4 is 5.97 Å². The molecule has 1 fully saturated rings. The Morgan fingerprint density at radius 1 is 1.78 bits per heavy atom. The highest BCUT2D eigenvalue weighted by Gasteiger charge is 2.25. The molecule has 3 nitrogen and oxygen atoms in total. The normalized spacial score (nSPS) is 26.3. The molecule has 52 valence electrons. The summed E-state index contributed by atoms with van der Waals surface area (Å²) in [6.45, 7) is 0.614. The van der Waals surface area contributed by atoms with Gasteiger partial charge in [-0.3, -0.25) is 4.79 Å². The maximum Gasteiger partial charge on any atom is 0.309 e. The van der Waals surface area contributed by atoms with Gasteiger partial charge in [0.1, 0.15) is 0 Å². The van der Waals surface area contributed by atoms with Crippen LogP contribution in [0.15, 0.2) is 0 Å². The molecule has 1 unspecified atom stereocenters. The number of carbonyl (C=O) groups excluding carboxylic acids is 1. The van der Waals surface area contributed by atoms with Gasteiger partial charge >= 0.3 is 5.97 Å². The summed E-state index contributed by atoms with van der Waals surface area (Å²) in [5.41, 5.74) is 0. The second kappa shape index (κ2) is 2.82. The van der Waals surface area contributed by atoms with Gasteiger partial charge in [-0.05, 0) is 12.8 Å². The fourth-order valence-electron chi connectivity index (χ4n) is 0.956. The van der Waals surface area contributed by atoms with Crippen LogP contribution in [0.3, 0.4) is 0 Å². The first-order valence-corrected chi connectivity index (χ1v) is 3.12. The lowest BCUT2D eigenvalue weighted by Crippen LogP contribution is -2.08. The Labute approximate surface area is 53.6 Å². The summed E-state index contributed by atoms with van der Waals surface area (Å²) in [4.78, 5) is 10.6. The lowest BCUT2D eigenvalue weighted by atomic mass is 10.1. The second-order valence-electron chi connectivity index (χ2n) is 2.17. The zero-order chi connectivity index (χ0) is 6.69. The van der Waals surface area contributed by atoms with Crippen LogP contribution in [0.1, 0.15) is 12.8 Å². The van der Waals surface area contributed by atoms with E-state index in [4.69, 9.17) is 5.11 Å². The Morgan fingerprint density at radius 3 is 3.00 bits per heavy atom. The van der Waals surface area contributed by atoms with E-state index in [1.165, 1.54) is 0 Å². The summed E-state index contributed by atoms with van der Waals surface area (Å²) in [6, 6.07) is 0. The van der Waals surface area contributed by atoms with Crippen LogP contribution in [0, 0.1) is 5.92 Å². The predicted octanol–water partition coefficient (Wildman–Crippen LogP) is -0.0681. The van der Waals surface area contributed by atoms with E-state index < -0.39 is 0 Å². The molecule has 0 radical (unpaired) electrons. The monoisotopic (exact) mass is 130 g/mol. The molecule has 1 aliphatic heterocycles. The van der Waals surface area contributed by atoms with Gasteiger partial charge in [-0.15, -0.1) is 0 Å². The van der Waals surface area contributed by atoms with Crippen LogP contribution in [-0.2, 0) is 9.53 Å². The third-order valence-electron chi connectivity index (χ3n) is 1.52. The predicted molar refractivity (Wildman–Crippen MR) is 30.8 cm³/mol. The number of esters is 1. The molecule has 0 saturated carbocycles. The minimum absolute atomic E-state index is 0.0324. The summed E-state index contributed by atoms with van der Waals surface area (Å²) in [5.74, 6) is -0.181. The van der Waals surface area contributed by atoms with Crippen molar-refractivity contribution in [3.63, 3.8) is 0 Å². The van der Waals surface area contributed by atoms with E-state index in [2.05, 4.69) is 4.74 Å². The van der Waals surface area contributed by atoms with Gasteiger partial charge < -0.3 is 9.84 Å². The van der Waals surface area contributed by atoms with Crippen molar-refractivity contribution in [1.82, 2.24) is 0 Å². The molecule has 0 spiro atoms. The second-order valence-corrected chi connectivity index (χ2v) is 2.17. The highest BCUT2D eigenvalue weighted by molar-refractivity contribution is 5.73. The van der Waals surface area contributed by atoms with E-state index in [9.17, 15) is 4.79 Å². The highest BCUT2D eigenvalue weighted by Crippen LogP contribution is 2.16. The lowest BCUT2D eigenvalue weighted by molar-refractivity contribution is -0.141. The molecular formula is C6H10O3. The van der Waals surface area contributed by atoms with Crippen molar-refractivity contribution < 1.29 is 14.6 Å². The highest BCUT2D eigenvalue weighted by atomic mass is 16.5. The topological polar surface area (TPSA) is 46.5 Å². The van der Waals surface area contributed by atoms with Crippen LogP contribution in [0.25, 0.3) is 0 Å². The van der Waals surface area contributed by atoms with Crippen LogP contribution in [0.5, 0.6) is 0 Å². The Morgan fingerprint density at radius 2 is 2.56 bits per heavy atom. The van der Waals surface area contributed by atoms with Gasteiger partial charge in [0, 0.05) is 6.61 Å². The fraction of sp³-hybridized carbons (Fsp3) is 0.833. The van der Waals surface area contributed by atoms with Gasteiger partial charge in [0.25, 0.3) is 0 Å². The van der Waals surface area contributed by atoms with Gasteiger partial charge in [-0.2, -0.15) is 0 Å². The standard InChI is InChI=1S/C6H10O3/c7-3-1-5-2-4-9-6(5)8/h5,7H,1-4H2. The number of aliphatic hydroxyl groups excluding tert-OH is 1. The Kier molecular flexibility index (Phi) is 2.05. The third-order valence-corrected chi connectivity index (χ3v) is 1.52. The van der Waals surface area contributed by atoms with Crippen LogP contribution in [-0.4, -0.2) is 24.3 Å². The van der Waals surface area contributed by atoms with Gasteiger partial charge in [-0.25, -0.2) is 0 Å². The van der Waals surface area contributed by atoms with Crippen molar-refractivity contribution in [2.75, 3.05) is 13.2 Å². The third kappa shape index (κ3) is 1.42. The molecule has 3 heteroatoms. The van der Waals surface area contributed by atoms with Crippen LogP contribution < -0.4 is 0 Å². The molecule has 9 heavy (non-hydrogen) atoms. The zero-order valence-corrected chi connectivity index (χ0v) is 5.17. The van der Waals surface area contributed by atoms with Crippen molar-refractivity contribution in [3.8, 4) is 0 Å². The molecule has 0 aromatic heterocycles. The Bertz CT molecular complexity index is 111. The first kappa shape index (κ1) is 6.55. The van der Waals surface area contributed by atoms with Gasteiger partial charge in [0.15, 0.2) is 0 Å². The number of cyclic esters (lactones) is 1. The molecule has 1 heterocycles. The number of aliphatic hydroxyl groups is 1. The maximum absolute atomic E-state index is 10.6. The number of hydrogen-bond acceptors (Lipinski definition) is 3. The fourth-order valence-corrected chi connectivity index (χ4v) is 0.956. The summed E-state index contributed by atoms with van der Waals surface area (Å²) >= 11 is 0. The van der Waals surface area contributed by atoms with Crippen molar-refractivity contribution in [2.45, 2.75) is 12.8 Å². The first-order valence-electron chi connectivity index (χ1n) is 3.12. The van der Waals surface area contributed by atoms with E-state index in [-0.39, 0.29) is 18.5 Å². The van der Waals surface area contributed by atoms with Crippen molar-refractivity contribution in [3.05, 3.63) is 0 Å². The molecule has 1 rings (SSSR count). The Balaban J connectivity index is 2.31. The average molecular weight is 130 g/mol. The number of ether oxygens (including phenoxy) is 1. The quantitative estimate of drug-likeness (QED) is 0.532. The minimum atomic E-state index is -0.149. The molecule has 1 aliphatic rings. The zero-order valence-electron chi connectivity index (χ0n) is 5.17. The first-order chi connectivity index (χ1) is 4.34. The van der Waals surface area contributed by atoms with Crippen LogP contribution in [0.4, 0.5) is 0 Å². The molecule has 0 amide bonds. The van der Waals surface area contributed by atoms with E-state index in [0.29, 0.717) is 13.0 Å². The van der Waals surface area contributed by atoms with Crippen LogP contribution in [0.2, 0.25) is 0 Å². The van der Waals surface area contributed by atoms with Gasteiger partial charge in [0.05, 0.1) is 12.5 Å². The van der Waals surface area contributed by atoms with E-state index in [1.807, 2.05) is 0 Å². The SMILES string of the molecule is O=C1OCCC1CCO. The molecule has 0 bridgehead atoms. The molecule has 1 atom stereocenters. The molecule has 0 aromatic carbocycles. The van der Waals surface area contributed by atoms with E-state index in [0.717, 1.165) is 6.42 Å². The summed E-state index contributed by atoms with van der Waals surface area (Å²) in [6.07, 6.45) is 1.33. The molecular weight excluding hydrogens is 120 g/mol. The average Bonchev–Trinajstić information content (AvgIpc) is 2.18. The molecule has 0 aromatic rings. The minimum Gasteiger partial charge on any atom is -0.465 e. The molecule has 0 aliphatic carbocycles. The van der Waals surface area contributed by atoms with E-state index in [1.54, 1.807) is 0 Å². The summed E-state index contributed by atoms with van der Waals surface area (Å²) < 4.78 is 4.67. The van der Waals surface area contributed by atoms with Crippen LogP contribution >= 0.6 is 0 Å². The Hall–Kier alpha value is -0.570. The van der Waals surface area contributed by atoms with Gasteiger partial charge in [0.2, 0.25) is 0 Å². The summed E-state index contributed by atoms with van der Waals surface area (Å²) in [7, 11) is 0. The number of rotatable bonds is 2. The molecule has 1 saturated heterocycles. The summed E-state index contributed by atoms with van der Waals surface area (Å²) in [5, 5.41) is 8.44. The smallest absolute Gasteiger partial charge is 0.309 e. The maximum atomic E-state index is 10.6. The number of carbonyl (C=O) groups is 1. The molecule has 1 N–H and O–H groups in total. The lowest BCUT2D eigenvalue weighted by Gasteiger charge is -1.98. The van der Waals surface area contributed by atoms with Crippen molar-refractivity contribution in [2.24, 2.45) is 5.92 Å². The van der Waals surface area contributed by atoms with Crippen molar-refractivity contribution in [1.29, 1.82) is 0 Å². The van der Waals surface area contributed by atoms with Gasteiger partial charge in [-0.1, -0.05) is 0 Å². The van der Waals surface area contributed by atoms with E-state index >= 15 is 0 Å². The largest absolute Gasteiger partial charge is 0.465 e. The number of hydrogen-bond donors (Lipinski definition) is 1.